The number of carbonyl (C=O) groups is 2. The lowest BCUT2D eigenvalue weighted by atomic mass is 9.82. The molecule has 1 aliphatic heterocycles. The molecule has 0 amide bonds. The van der Waals surface area contributed by atoms with Crippen molar-refractivity contribution in [3.63, 3.8) is 0 Å². The Morgan fingerprint density at radius 1 is 0.843 bits per heavy atom. The van der Waals surface area contributed by atoms with E-state index in [0.717, 1.165) is 12.0 Å². The van der Waals surface area contributed by atoms with Crippen molar-refractivity contribution in [1.29, 1.82) is 0 Å². The number of aromatic nitrogens is 3. The molecule has 20 nitrogen and oxygen atoms in total. The van der Waals surface area contributed by atoms with Gasteiger partial charge in [-0.1, -0.05) is 80.2 Å². The summed E-state index contributed by atoms with van der Waals surface area (Å²) in [6.07, 6.45) is 8.77. The molecule has 0 spiro atoms. The van der Waals surface area contributed by atoms with Gasteiger partial charge in [-0.3, -0.25) is 9.59 Å². The third kappa shape index (κ3) is 18.3. The van der Waals surface area contributed by atoms with Crippen LogP contribution in [0.4, 0.5) is 0 Å². The number of allylic oxidation sites excluding steroid dienone is 1. The Hall–Kier alpha value is -5.33. The van der Waals surface area contributed by atoms with Crippen molar-refractivity contribution in [2.24, 2.45) is 29.6 Å². The first kappa shape index (κ1) is 68.4. The molecular formula is C62H93N3O17Si. The molecule has 0 saturated carbocycles. The lowest BCUT2D eigenvalue weighted by Crippen LogP contribution is -2.59. The second-order valence-corrected chi connectivity index (χ2v) is 27.9. The molecule has 3 aromatic heterocycles. The van der Waals surface area contributed by atoms with Crippen molar-refractivity contribution in [2.45, 2.75) is 174 Å². The van der Waals surface area contributed by atoms with Gasteiger partial charge >= 0.3 is 5.97 Å². The summed E-state index contributed by atoms with van der Waals surface area (Å²) in [7, 11) is 6.81. The minimum atomic E-state index is -2.78. The molecule has 13 atom stereocenters. The summed E-state index contributed by atoms with van der Waals surface area (Å²) in [5.41, 5.74) is 1.92. The number of nitrogens with zero attached hydrogens (tertiary/aromatic N) is 3. The average Bonchev–Trinajstić information content (AvgIpc) is 4.48. The molecular weight excluding hydrogens is 1090 g/mol. The molecule has 1 aliphatic rings. The van der Waals surface area contributed by atoms with E-state index in [1.54, 1.807) is 48.5 Å². The second kappa shape index (κ2) is 31.7. The van der Waals surface area contributed by atoms with Gasteiger partial charge in [-0.2, -0.15) is 0 Å². The van der Waals surface area contributed by atoms with Gasteiger partial charge in [0.15, 0.2) is 43.3 Å². The number of carbonyl (C=O) groups excluding carboxylic acids is 2. The molecule has 5 rings (SSSR count). The molecule has 1 saturated heterocycles. The van der Waals surface area contributed by atoms with Crippen molar-refractivity contribution in [2.75, 3.05) is 49.5 Å². The van der Waals surface area contributed by atoms with E-state index < -0.39 is 62.7 Å². The normalized spacial score (nSPS) is 19.9. The predicted molar refractivity (Wildman–Crippen MR) is 314 cm³/mol. The van der Waals surface area contributed by atoms with Crippen LogP contribution in [-0.4, -0.2) is 132 Å². The molecule has 4 heterocycles. The number of esters is 1. The molecule has 0 bridgehead atoms. The number of benzene rings is 1. The molecule has 0 radical (unpaired) electrons. The Kier molecular flexibility index (Phi) is 26.1. The van der Waals surface area contributed by atoms with Crippen molar-refractivity contribution in [3.8, 4) is 34.7 Å². The molecule has 1 aromatic carbocycles. The van der Waals surface area contributed by atoms with Gasteiger partial charge in [-0.15, -0.1) is 6.58 Å². The van der Waals surface area contributed by atoms with E-state index in [-0.39, 0.29) is 78.5 Å². The minimum Gasteiger partial charge on any atom is -0.493 e. The van der Waals surface area contributed by atoms with E-state index in [1.807, 2.05) is 25.1 Å². The highest BCUT2D eigenvalue weighted by molar-refractivity contribution is 6.74. The number of ether oxygens (including phenoxy) is 10. The highest BCUT2D eigenvalue weighted by atomic mass is 28.4. The Labute approximate surface area is 492 Å². The van der Waals surface area contributed by atoms with Gasteiger partial charge < -0.3 is 70.2 Å². The zero-order valence-corrected chi connectivity index (χ0v) is 52.8. The van der Waals surface area contributed by atoms with Crippen molar-refractivity contribution >= 4 is 26.1 Å². The van der Waals surface area contributed by atoms with Crippen LogP contribution in [-0.2, 0) is 58.5 Å². The number of hydrogen-bond acceptors (Lipinski definition) is 20. The van der Waals surface area contributed by atoms with Crippen LogP contribution >= 0.6 is 0 Å². The molecule has 4 aromatic rings. The molecule has 1 fully saturated rings. The second-order valence-electron chi connectivity index (χ2n) is 23.2. The molecule has 1 unspecified atom stereocenters. The fraction of sp³-hybridized carbons (Fsp3) is 0.629. The van der Waals surface area contributed by atoms with Crippen LogP contribution in [0, 0.1) is 29.6 Å². The number of hydrogen-bond donors (Lipinski definition) is 1. The fourth-order valence-corrected chi connectivity index (χ4v) is 11.7. The first-order valence-electron chi connectivity index (χ1n) is 28.5. The Morgan fingerprint density at radius 2 is 1.52 bits per heavy atom. The van der Waals surface area contributed by atoms with Crippen LogP contribution in [0.15, 0.2) is 81.6 Å². The van der Waals surface area contributed by atoms with Gasteiger partial charge in [0.1, 0.15) is 37.4 Å². The van der Waals surface area contributed by atoms with E-state index in [9.17, 15) is 14.7 Å². The summed E-state index contributed by atoms with van der Waals surface area (Å²) < 4.78 is 84.6. The van der Waals surface area contributed by atoms with Crippen molar-refractivity contribution in [3.05, 3.63) is 85.5 Å². The smallest absolute Gasteiger partial charge is 0.310 e. The Bertz CT molecular complexity index is 2680. The molecule has 21 heteroatoms. The summed E-state index contributed by atoms with van der Waals surface area (Å²) in [5.74, 6) is -1.91. The van der Waals surface area contributed by atoms with E-state index in [1.165, 1.54) is 44.1 Å². The van der Waals surface area contributed by atoms with Crippen LogP contribution in [0.5, 0.6) is 11.5 Å². The lowest BCUT2D eigenvalue weighted by molar-refractivity contribution is -0.250. The van der Waals surface area contributed by atoms with E-state index in [0.29, 0.717) is 60.3 Å². The Balaban J connectivity index is 1.32. The number of aliphatic hydroxyl groups is 1. The maximum Gasteiger partial charge on any atom is 0.310 e. The molecule has 0 aliphatic carbocycles. The molecule has 1 N–H and O–H groups in total. The monoisotopic (exact) mass is 1180 g/mol. The van der Waals surface area contributed by atoms with E-state index >= 15 is 0 Å². The number of aliphatic hydroxyl groups excluding tert-OH is 1. The summed E-state index contributed by atoms with van der Waals surface area (Å²) >= 11 is 0. The molecule has 462 valence electrons. The first-order chi connectivity index (χ1) is 39.4. The van der Waals surface area contributed by atoms with E-state index in [2.05, 4.69) is 82.7 Å². The van der Waals surface area contributed by atoms with Crippen LogP contribution < -0.4 is 9.47 Å². The SMILES string of the molecule is C=CC[C@H](OC)[C@@H](C)[C@@](C[C@H](OC)[C@@H](C)CC[C@@H](OCOCc1ccc(OC)c(OC)c1)[C@H](C)[C@@H]1OC(OC)C[C@H]1C)(OC(=O)C[C@@H](O)C/C=C/C(=O)[C@H](C)[C@H](OC)c1coc(-c2coc(-c3coc(C=C)n3)n2)n1)O[Si](C)(C)C(C)(C)C. The van der Waals surface area contributed by atoms with Crippen LogP contribution in [0.1, 0.15) is 124 Å². The fourth-order valence-electron chi connectivity index (χ4n) is 10.2. The van der Waals surface area contributed by atoms with Gasteiger partial charge in [-0.05, 0) is 85.5 Å². The third-order valence-electron chi connectivity index (χ3n) is 16.4. The molecule has 83 heavy (non-hydrogen) atoms. The zero-order valence-electron chi connectivity index (χ0n) is 51.8. The van der Waals surface area contributed by atoms with Crippen LogP contribution in [0.2, 0.25) is 18.1 Å². The summed E-state index contributed by atoms with van der Waals surface area (Å²) in [6, 6.07) is 5.65. The predicted octanol–water partition coefficient (Wildman–Crippen LogP) is 12.1. The zero-order chi connectivity index (χ0) is 61.2. The quantitative estimate of drug-likeness (QED) is 0.0110. The van der Waals surface area contributed by atoms with Gasteiger partial charge in [-0.25, -0.2) is 15.0 Å². The number of ketones is 1. The van der Waals surface area contributed by atoms with Crippen LogP contribution in [0.25, 0.3) is 29.2 Å². The van der Waals surface area contributed by atoms with Crippen molar-refractivity contribution < 1.29 is 79.7 Å². The number of oxazole rings is 3. The minimum absolute atomic E-state index is 0.0338. The van der Waals surface area contributed by atoms with Gasteiger partial charge in [0.25, 0.3) is 0 Å². The highest BCUT2D eigenvalue weighted by Gasteiger charge is 2.54. The first-order valence-corrected chi connectivity index (χ1v) is 31.4. The number of rotatable bonds is 37. The van der Waals surface area contributed by atoms with Gasteiger partial charge in [0.2, 0.25) is 23.5 Å². The summed E-state index contributed by atoms with van der Waals surface area (Å²) in [5, 5.41) is 11.1. The Morgan fingerprint density at radius 3 is 2.13 bits per heavy atom. The lowest BCUT2D eigenvalue weighted by Gasteiger charge is -2.50. The summed E-state index contributed by atoms with van der Waals surface area (Å²) in [4.78, 5) is 41.3. The topological polar surface area (TPSA) is 234 Å². The van der Waals surface area contributed by atoms with Gasteiger partial charge in [0.05, 0.1) is 63.7 Å². The third-order valence-corrected chi connectivity index (χ3v) is 20.9. The highest BCUT2D eigenvalue weighted by Crippen LogP contribution is 2.46. The largest absolute Gasteiger partial charge is 0.493 e. The maximum atomic E-state index is 14.5. The average molecular weight is 1180 g/mol. The van der Waals surface area contributed by atoms with Crippen LogP contribution in [0.3, 0.4) is 0 Å². The summed E-state index contributed by atoms with van der Waals surface area (Å²) in [6.45, 7) is 28.7. The van der Waals surface area contributed by atoms with Crippen molar-refractivity contribution in [1.82, 2.24) is 15.0 Å². The number of methoxy groups -OCH3 is 6. The van der Waals surface area contributed by atoms with Gasteiger partial charge in [0, 0.05) is 53.1 Å². The standard InChI is InChI=1S/C62H93N3O17Si/c1-19-22-50(69-11)42(7)62(82-83(17,18)61(8,9)10,32-53(72-14)38(3)25-27-49(41(6)57-39(4)29-56(73-15)80-57)79-37-75-33-43-26-28-51(70-12)52(30-43)71-13)81-55(68)31-44(66)23-21-24-48(67)40(5)58(74-16)45-34-77-60(64-45)47-36-78-59(65-47)46-35-76-54(20-2)63-46/h19-21,24,26,28,30,34-36,38-42,44,49-50,53,56-58,66H,1-2,22-23,25,27,29,31-33,37H2,3-18H3/b24-21+/t38-,39+,40-,41-,42+,44-,49+,50-,53-,56?,57+,58-,62-/m0/s1. The van der Waals surface area contributed by atoms with E-state index in [4.69, 9.17) is 65.0 Å². The maximum absolute atomic E-state index is 14.5.